The summed E-state index contributed by atoms with van der Waals surface area (Å²) in [6, 6.07) is 7.08. The zero-order valence-electron chi connectivity index (χ0n) is 9.51. The Morgan fingerprint density at radius 1 is 1.50 bits per heavy atom. The van der Waals surface area contributed by atoms with E-state index in [4.69, 9.17) is 5.73 Å². The monoisotopic (exact) mass is 257 g/mol. The molecule has 0 aliphatic carbocycles. The largest absolute Gasteiger partial charge is 0.320 e. The van der Waals surface area contributed by atoms with Gasteiger partial charge in [0.2, 0.25) is 0 Å². The van der Waals surface area contributed by atoms with Crippen LogP contribution in [0, 0.1) is 11.8 Å². The van der Waals surface area contributed by atoms with Gasteiger partial charge >= 0.3 is 0 Å². The average Bonchev–Trinajstić information content (AvgIpc) is 2.86. The van der Waals surface area contributed by atoms with Gasteiger partial charge < -0.3 is 11.1 Å². The molecule has 1 amide bonds. The minimum atomic E-state index is -0.189. The normalized spacial score (nSPS) is 9.39. The molecule has 18 heavy (non-hydrogen) atoms. The van der Waals surface area contributed by atoms with E-state index in [1.807, 2.05) is 6.07 Å². The molecule has 0 bridgehead atoms. The first kappa shape index (κ1) is 12.3. The van der Waals surface area contributed by atoms with E-state index in [2.05, 4.69) is 22.1 Å². The van der Waals surface area contributed by atoms with Crippen molar-refractivity contribution in [3.8, 4) is 11.8 Å². The summed E-state index contributed by atoms with van der Waals surface area (Å²) in [5.41, 5.74) is 5.86. The maximum atomic E-state index is 11.9. The summed E-state index contributed by atoms with van der Waals surface area (Å²) < 4.78 is 0. The van der Waals surface area contributed by atoms with Crippen LogP contribution in [0.4, 0.5) is 5.82 Å². The van der Waals surface area contributed by atoms with Crippen molar-refractivity contribution >= 4 is 23.1 Å². The van der Waals surface area contributed by atoms with Crippen molar-refractivity contribution in [2.24, 2.45) is 5.73 Å². The molecule has 5 heteroatoms. The molecule has 2 rings (SSSR count). The number of anilines is 1. The fraction of sp³-hybridized carbons (Fsp3) is 0.0769. The summed E-state index contributed by atoms with van der Waals surface area (Å²) in [6.07, 6.45) is 1.63. The first-order chi connectivity index (χ1) is 8.79. The van der Waals surface area contributed by atoms with Gasteiger partial charge in [0.25, 0.3) is 5.91 Å². The van der Waals surface area contributed by atoms with E-state index in [1.165, 1.54) is 11.3 Å². The Morgan fingerprint density at radius 2 is 2.39 bits per heavy atom. The number of rotatable bonds is 2. The lowest BCUT2D eigenvalue weighted by Gasteiger charge is -2.00. The van der Waals surface area contributed by atoms with Gasteiger partial charge in [0, 0.05) is 11.6 Å². The molecule has 0 aromatic carbocycles. The molecule has 0 atom stereocenters. The number of pyridine rings is 1. The smallest absolute Gasteiger partial charge is 0.257 e. The predicted octanol–water partition coefficient (Wildman–Crippen LogP) is 1.71. The van der Waals surface area contributed by atoms with Crippen molar-refractivity contribution in [2.75, 3.05) is 11.9 Å². The van der Waals surface area contributed by atoms with Gasteiger partial charge in [-0.2, -0.15) is 0 Å². The Labute approximate surface area is 109 Å². The Bertz CT molecular complexity index is 595. The molecule has 4 nitrogen and oxygen atoms in total. The molecule has 90 valence electrons. The summed E-state index contributed by atoms with van der Waals surface area (Å²) in [5, 5.41) is 4.47. The second-order valence-corrected chi connectivity index (χ2v) is 4.29. The first-order valence-electron chi connectivity index (χ1n) is 5.29. The van der Waals surface area contributed by atoms with Gasteiger partial charge in [0.1, 0.15) is 5.82 Å². The Kier molecular flexibility index (Phi) is 4.07. The molecule has 0 aliphatic heterocycles. The standard InChI is InChI=1S/C13H11N3OS/c14-6-3-4-11-8-10(9-18-11)13(17)16-12-5-1-2-7-15-12/h1-2,5,7-9H,6,14H2,(H,15,16,17). The van der Waals surface area contributed by atoms with E-state index in [0.717, 1.165) is 4.88 Å². The van der Waals surface area contributed by atoms with Gasteiger partial charge in [0.05, 0.1) is 17.0 Å². The number of nitrogens with two attached hydrogens (primary N) is 1. The highest BCUT2D eigenvalue weighted by molar-refractivity contribution is 7.10. The number of amides is 1. The molecule has 3 N–H and O–H groups in total. The molecule has 0 fully saturated rings. The van der Waals surface area contributed by atoms with E-state index < -0.39 is 0 Å². The first-order valence-corrected chi connectivity index (χ1v) is 6.17. The van der Waals surface area contributed by atoms with Crippen LogP contribution >= 0.6 is 11.3 Å². The molecule has 2 aromatic rings. The van der Waals surface area contributed by atoms with Gasteiger partial charge in [-0.3, -0.25) is 4.79 Å². The molecular formula is C13H11N3OS. The number of hydrogen-bond donors (Lipinski definition) is 2. The second-order valence-electron chi connectivity index (χ2n) is 3.37. The van der Waals surface area contributed by atoms with Crippen LogP contribution in [-0.2, 0) is 0 Å². The van der Waals surface area contributed by atoms with Gasteiger partial charge in [-0.25, -0.2) is 4.98 Å². The molecule has 0 saturated carbocycles. The lowest BCUT2D eigenvalue weighted by molar-refractivity contribution is 0.102. The van der Waals surface area contributed by atoms with Crippen molar-refractivity contribution in [3.05, 3.63) is 46.3 Å². The zero-order valence-corrected chi connectivity index (χ0v) is 10.3. The molecule has 2 aromatic heterocycles. The maximum absolute atomic E-state index is 11.9. The molecule has 0 spiro atoms. The van der Waals surface area contributed by atoms with Crippen LogP contribution in [0.1, 0.15) is 15.2 Å². The summed E-state index contributed by atoms with van der Waals surface area (Å²) >= 11 is 1.42. The minimum Gasteiger partial charge on any atom is -0.320 e. The van der Waals surface area contributed by atoms with Crippen LogP contribution in [0.2, 0.25) is 0 Å². The van der Waals surface area contributed by atoms with Crippen molar-refractivity contribution in [1.82, 2.24) is 4.98 Å². The fourth-order valence-electron chi connectivity index (χ4n) is 1.28. The van der Waals surface area contributed by atoms with Gasteiger partial charge in [-0.1, -0.05) is 17.9 Å². The Morgan fingerprint density at radius 3 is 3.11 bits per heavy atom. The van der Waals surface area contributed by atoms with E-state index in [0.29, 0.717) is 17.9 Å². The number of nitrogens with zero attached hydrogens (tertiary/aromatic N) is 1. The van der Waals surface area contributed by atoms with Crippen LogP contribution in [0.5, 0.6) is 0 Å². The number of carbonyl (C=O) groups excluding carboxylic acids is 1. The van der Waals surface area contributed by atoms with Crippen molar-refractivity contribution in [2.45, 2.75) is 0 Å². The van der Waals surface area contributed by atoms with E-state index in [-0.39, 0.29) is 5.91 Å². The number of carbonyl (C=O) groups is 1. The fourth-order valence-corrected chi connectivity index (χ4v) is 2.04. The molecular weight excluding hydrogens is 246 g/mol. The number of aromatic nitrogens is 1. The second kappa shape index (κ2) is 5.96. The van der Waals surface area contributed by atoms with E-state index in [1.54, 1.807) is 29.8 Å². The lowest BCUT2D eigenvalue weighted by atomic mass is 10.3. The van der Waals surface area contributed by atoms with Crippen LogP contribution in [0.15, 0.2) is 35.8 Å². The SMILES string of the molecule is NCC#Cc1cc(C(=O)Nc2ccccn2)cs1. The molecule has 2 heterocycles. The third kappa shape index (κ3) is 3.17. The third-order valence-corrected chi connectivity index (χ3v) is 2.93. The summed E-state index contributed by atoms with van der Waals surface area (Å²) in [7, 11) is 0. The lowest BCUT2D eigenvalue weighted by Crippen LogP contribution is -2.11. The predicted molar refractivity (Wildman–Crippen MR) is 72.4 cm³/mol. The van der Waals surface area contributed by atoms with Crippen LogP contribution in [-0.4, -0.2) is 17.4 Å². The Balaban J connectivity index is 2.08. The number of nitrogens with one attached hydrogen (secondary N) is 1. The topological polar surface area (TPSA) is 68.0 Å². The third-order valence-electron chi connectivity index (χ3n) is 2.08. The molecule has 0 aliphatic rings. The molecule has 0 unspecified atom stereocenters. The molecule has 0 saturated heterocycles. The van der Waals surface area contributed by atoms with Crippen molar-refractivity contribution in [1.29, 1.82) is 0 Å². The summed E-state index contributed by atoms with van der Waals surface area (Å²) in [6.45, 7) is 0.313. The van der Waals surface area contributed by atoms with Crippen molar-refractivity contribution in [3.63, 3.8) is 0 Å². The number of thiophene rings is 1. The van der Waals surface area contributed by atoms with Gasteiger partial charge in [-0.15, -0.1) is 11.3 Å². The van der Waals surface area contributed by atoms with Crippen LogP contribution < -0.4 is 11.1 Å². The molecule has 0 radical (unpaired) electrons. The van der Waals surface area contributed by atoms with Gasteiger partial charge in [-0.05, 0) is 18.2 Å². The Hall–Kier alpha value is -2.16. The van der Waals surface area contributed by atoms with Crippen LogP contribution in [0.3, 0.4) is 0 Å². The minimum absolute atomic E-state index is 0.189. The highest BCUT2D eigenvalue weighted by atomic mass is 32.1. The highest BCUT2D eigenvalue weighted by Gasteiger charge is 2.08. The quantitative estimate of drug-likeness (QED) is 0.805. The van der Waals surface area contributed by atoms with Crippen molar-refractivity contribution < 1.29 is 4.79 Å². The van der Waals surface area contributed by atoms with E-state index in [9.17, 15) is 4.79 Å². The highest BCUT2D eigenvalue weighted by Crippen LogP contribution is 2.14. The summed E-state index contributed by atoms with van der Waals surface area (Å²) in [5.74, 6) is 5.98. The maximum Gasteiger partial charge on any atom is 0.257 e. The average molecular weight is 257 g/mol. The van der Waals surface area contributed by atoms with E-state index >= 15 is 0 Å². The summed E-state index contributed by atoms with van der Waals surface area (Å²) in [4.78, 5) is 16.7. The zero-order chi connectivity index (χ0) is 12.8. The number of hydrogen-bond acceptors (Lipinski definition) is 4. The van der Waals surface area contributed by atoms with Gasteiger partial charge in [0.15, 0.2) is 0 Å². The van der Waals surface area contributed by atoms with Crippen LogP contribution in [0.25, 0.3) is 0 Å².